The van der Waals surface area contributed by atoms with Crippen LogP contribution in [0.1, 0.15) is 101 Å². The Labute approximate surface area is 185 Å². The van der Waals surface area contributed by atoms with Gasteiger partial charge in [-0.3, -0.25) is 14.4 Å². The lowest BCUT2D eigenvalue weighted by Gasteiger charge is -2.28. The molecule has 2 aliphatic heterocycles. The summed E-state index contributed by atoms with van der Waals surface area (Å²) >= 11 is 0. The quantitative estimate of drug-likeness (QED) is 0.645. The van der Waals surface area contributed by atoms with Crippen LogP contribution in [-0.2, 0) is 14.4 Å². The zero-order valence-corrected chi connectivity index (χ0v) is 21.3. The predicted molar refractivity (Wildman–Crippen MR) is 125 cm³/mol. The molecule has 0 spiro atoms. The van der Waals surface area contributed by atoms with Gasteiger partial charge in [0, 0.05) is 30.3 Å². The Kier molecular flexibility index (Phi) is 11.3. The number of rotatable bonds is 2. The van der Waals surface area contributed by atoms with Crippen molar-refractivity contribution in [2.75, 3.05) is 13.1 Å². The summed E-state index contributed by atoms with van der Waals surface area (Å²) in [6.45, 7) is 22.2. The van der Waals surface area contributed by atoms with Crippen LogP contribution >= 0.6 is 0 Å². The second-order valence-corrected chi connectivity index (χ2v) is 12.2. The van der Waals surface area contributed by atoms with E-state index in [4.69, 9.17) is 0 Å². The fourth-order valence-corrected chi connectivity index (χ4v) is 3.35. The fourth-order valence-electron chi connectivity index (χ4n) is 3.35. The maximum atomic E-state index is 11.4. The van der Waals surface area contributed by atoms with Crippen LogP contribution in [0.5, 0.6) is 0 Å². The highest BCUT2D eigenvalue weighted by Gasteiger charge is 2.28. The Balaban J connectivity index is 0.000000437. The minimum absolute atomic E-state index is 0.139. The van der Waals surface area contributed by atoms with Crippen molar-refractivity contribution in [2.24, 2.45) is 28.1 Å². The van der Waals surface area contributed by atoms with Gasteiger partial charge in [-0.1, -0.05) is 62.3 Å². The number of hydrogen-bond acceptors (Lipinski definition) is 3. The molecule has 0 aliphatic carbocycles. The highest BCUT2D eigenvalue weighted by Crippen LogP contribution is 2.29. The highest BCUT2D eigenvalue weighted by molar-refractivity contribution is 5.81. The van der Waals surface area contributed by atoms with E-state index in [1.54, 1.807) is 6.92 Å². The first-order valence-corrected chi connectivity index (χ1v) is 11.5. The molecule has 2 atom stereocenters. The van der Waals surface area contributed by atoms with Gasteiger partial charge in [0.15, 0.2) is 0 Å². The van der Waals surface area contributed by atoms with Crippen LogP contribution in [0.2, 0.25) is 0 Å². The molecule has 2 fully saturated rings. The van der Waals surface area contributed by atoms with Gasteiger partial charge < -0.3 is 10.6 Å². The maximum absolute atomic E-state index is 11.4. The Bertz CT molecular complexity index is 562. The number of ketones is 1. The number of piperidine rings is 1. The smallest absolute Gasteiger partial charge is 0.223 e. The first-order valence-electron chi connectivity index (χ1n) is 11.5. The minimum atomic E-state index is -0.139. The van der Waals surface area contributed by atoms with E-state index in [1.165, 1.54) is 0 Å². The number of nitrogens with one attached hydrogen (secondary N) is 2. The van der Waals surface area contributed by atoms with Gasteiger partial charge in [0.05, 0.1) is 0 Å². The normalized spacial score (nSPS) is 22.1. The Morgan fingerprint density at radius 3 is 1.43 bits per heavy atom. The van der Waals surface area contributed by atoms with Crippen molar-refractivity contribution in [3.63, 3.8) is 0 Å². The number of carbonyl (C=O) groups is 3. The predicted octanol–water partition coefficient (Wildman–Crippen LogP) is 5.13. The number of hydrogen-bond donors (Lipinski definition) is 2. The SMILES string of the molecule is CC(=O)C(C)(C)C.CC(C)(C)CC1CCCNC1=O.CC(C)(C)CC1CCNC1=O. The molecule has 2 N–H and O–H groups in total. The van der Waals surface area contributed by atoms with Gasteiger partial charge in [0.1, 0.15) is 5.78 Å². The van der Waals surface area contributed by atoms with Gasteiger partial charge >= 0.3 is 0 Å². The second kappa shape index (κ2) is 11.9. The molecular weight excluding hydrogens is 376 g/mol. The number of amides is 2. The van der Waals surface area contributed by atoms with Gasteiger partial charge in [-0.25, -0.2) is 0 Å². The van der Waals surface area contributed by atoms with Crippen LogP contribution in [0.15, 0.2) is 0 Å². The topological polar surface area (TPSA) is 75.3 Å². The summed E-state index contributed by atoms with van der Waals surface area (Å²) in [5.41, 5.74) is 0.422. The average molecular weight is 425 g/mol. The van der Waals surface area contributed by atoms with E-state index in [1.807, 2.05) is 20.8 Å². The van der Waals surface area contributed by atoms with Crippen LogP contribution in [-0.4, -0.2) is 30.7 Å². The number of Topliss-reactive ketones (excluding diaryl/α,β-unsaturated/α-hetero) is 1. The largest absolute Gasteiger partial charge is 0.356 e. The first-order chi connectivity index (χ1) is 13.4. The van der Waals surface area contributed by atoms with Crippen molar-refractivity contribution < 1.29 is 14.4 Å². The van der Waals surface area contributed by atoms with E-state index in [-0.39, 0.29) is 45.7 Å². The molecule has 5 heteroatoms. The summed E-state index contributed by atoms with van der Waals surface area (Å²) in [7, 11) is 0. The molecule has 0 aromatic heterocycles. The van der Waals surface area contributed by atoms with Crippen molar-refractivity contribution in [1.82, 2.24) is 10.6 Å². The molecule has 0 bridgehead atoms. The second-order valence-electron chi connectivity index (χ2n) is 12.2. The summed E-state index contributed by atoms with van der Waals surface area (Å²) < 4.78 is 0. The Morgan fingerprint density at radius 2 is 1.13 bits per heavy atom. The van der Waals surface area contributed by atoms with Crippen molar-refractivity contribution >= 4 is 17.6 Å². The van der Waals surface area contributed by atoms with E-state index >= 15 is 0 Å². The first kappa shape index (κ1) is 28.6. The third-order valence-corrected chi connectivity index (χ3v) is 5.34. The summed E-state index contributed by atoms with van der Waals surface area (Å²) in [5, 5.41) is 5.77. The molecule has 30 heavy (non-hydrogen) atoms. The zero-order valence-electron chi connectivity index (χ0n) is 21.3. The van der Waals surface area contributed by atoms with Crippen LogP contribution < -0.4 is 10.6 Å². The van der Waals surface area contributed by atoms with E-state index in [2.05, 4.69) is 52.2 Å². The third kappa shape index (κ3) is 13.8. The molecule has 2 rings (SSSR count). The summed E-state index contributed by atoms with van der Waals surface area (Å²) in [4.78, 5) is 33.0. The van der Waals surface area contributed by atoms with Gasteiger partial charge in [-0.05, 0) is 49.9 Å². The summed E-state index contributed by atoms with van der Waals surface area (Å²) in [6.07, 6.45) is 5.27. The monoisotopic (exact) mass is 424 g/mol. The molecule has 0 aromatic rings. The molecule has 5 nitrogen and oxygen atoms in total. The molecule has 2 saturated heterocycles. The van der Waals surface area contributed by atoms with Crippen LogP contribution in [0, 0.1) is 28.1 Å². The minimum Gasteiger partial charge on any atom is -0.356 e. The molecule has 0 saturated carbocycles. The van der Waals surface area contributed by atoms with Crippen molar-refractivity contribution in [1.29, 1.82) is 0 Å². The van der Waals surface area contributed by atoms with E-state index in [9.17, 15) is 14.4 Å². The van der Waals surface area contributed by atoms with Gasteiger partial charge in [-0.15, -0.1) is 0 Å². The van der Waals surface area contributed by atoms with E-state index in [0.29, 0.717) is 0 Å². The highest BCUT2D eigenvalue weighted by atomic mass is 16.2. The molecular formula is C25H48N2O3. The van der Waals surface area contributed by atoms with Gasteiger partial charge in [0.25, 0.3) is 0 Å². The Morgan fingerprint density at radius 1 is 0.767 bits per heavy atom. The molecule has 2 heterocycles. The molecule has 2 unspecified atom stereocenters. The van der Waals surface area contributed by atoms with Crippen molar-refractivity contribution in [2.45, 2.75) is 101 Å². The van der Waals surface area contributed by atoms with E-state index in [0.717, 1.165) is 45.2 Å². The van der Waals surface area contributed by atoms with Gasteiger partial charge in [0.2, 0.25) is 11.8 Å². The van der Waals surface area contributed by atoms with Crippen LogP contribution in [0.4, 0.5) is 0 Å². The average Bonchev–Trinajstić information content (AvgIpc) is 2.92. The lowest BCUT2D eigenvalue weighted by atomic mass is 9.81. The molecule has 2 amide bonds. The standard InChI is InChI=1S/C10H19NO.C9H17NO.C6H12O/c1-10(2,3)7-8-5-4-6-11-9(8)12;1-9(2,3)6-7-4-5-10-8(7)11;1-5(7)6(2,3)4/h8H,4-7H2,1-3H3,(H,11,12);7H,4-6H2,1-3H3,(H,10,11);1-4H3. The van der Waals surface area contributed by atoms with Crippen molar-refractivity contribution in [3.8, 4) is 0 Å². The maximum Gasteiger partial charge on any atom is 0.223 e. The van der Waals surface area contributed by atoms with Crippen LogP contribution in [0.25, 0.3) is 0 Å². The Hall–Kier alpha value is -1.39. The van der Waals surface area contributed by atoms with E-state index < -0.39 is 0 Å². The van der Waals surface area contributed by atoms with Gasteiger partial charge in [-0.2, -0.15) is 0 Å². The summed E-state index contributed by atoms with van der Waals surface area (Å²) in [5.74, 6) is 1.29. The summed E-state index contributed by atoms with van der Waals surface area (Å²) in [6, 6.07) is 0. The third-order valence-electron chi connectivity index (χ3n) is 5.34. The molecule has 2 aliphatic rings. The lowest BCUT2D eigenvalue weighted by Crippen LogP contribution is -2.38. The van der Waals surface area contributed by atoms with Crippen molar-refractivity contribution in [3.05, 3.63) is 0 Å². The molecule has 0 aromatic carbocycles. The zero-order chi connectivity index (χ0) is 23.8. The number of carbonyl (C=O) groups excluding carboxylic acids is 3. The molecule has 0 radical (unpaired) electrons. The molecule has 176 valence electrons. The fraction of sp³-hybridized carbons (Fsp3) is 0.880. The lowest BCUT2D eigenvalue weighted by molar-refractivity contribution is -0.127. The van der Waals surface area contributed by atoms with Crippen LogP contribution in [0.3, 0.4) is 0 Å².